The highest BCUT2D eigenvalue weighted by Crippen LogP contribution is 2.44. The lowest BCUT2D eigenvalue weighted by atomic mass is 9.77. The second kappa shape index (κ2) is 31.5. The van der Waals surface area contributed by atoms with Gasteiger partial charge < -0.3 is 9.80 Å². The summed E-state index contributed by atoms with van der Waals surface area (Å²) in [5.41, 5.74) is 15.0. The number of unbranched alkanes of at least 4 members (excludes halogenated alkanes) is 6. The van der Waals surface area contributed by atoms with Gasteiger partial charge in [0.05, 0.1) is 22.5 Å². The Labute approximate surface area is 559 Å². The molecule has 92 heavy (non-hydrogen) atoms. The molecule has 4 heterocycles. The standard InChI is InChI=1S/C84H104F2N2O2S2/c1-9-17-21-25-57-27-31-61(32-28-57)65-37-41-71(75(85)45-65)69-39-35-63(43-59(69)15-7)67-47-79(91-53-67)81-73-49-78-74(50-77(73)87(83(81)89)51-55(13-5)23-19-11-3)82(84(90)88(78)52-56(14-6)24-20-12-4)80-48-68(54-92-80)64-36-40-70(60(16-8)44-64)72-42-38-66(46-76(72)86)62-33-29-58(30-34-62)26-22-18-10-2/h35-50,53-58,61-62H,9-34,51-52H2,1-8H3. The Balaban J connectivity index is 0.923. The molecule has 0 spiro atoms. The van der Waals surface area contributed by atoms with Gasteiger partial charge in [-0.05, 0) is 215 Å². The Bertz CT molecular complexity index is 3570. The molecule has 2 atom stereocenters. The Morgan fingerprint density at radius 1 is 0.435 bits per heavy atom. The van der Waals surface area contributed by atoms with E-state index >= 15 is 18.4 Å². The lowest BCUT2D eigenvalue weighted by Crippen LogP contribution is -2.35. The number of nitrogens with zero attached hydrogens (tertiary/aromatic N) is 2. The summed E-state index contributed by atoms with van der Waals surface area (Å²) >= 11 is 3.21. The highest BCUT2D eigenvalue weighted by molar-refractivity contribution is 7.12. The molecule has 2 aliphatic carbocycles. The van der Waals surface area contributed by atoms with Crippen molar-refractivity contribution in [2.45, 2.75) is 234 Å². The van der Waals surface area contributed by atoms with Crippen LogP contribution >= 0.6 is 22.7 Å². The van der Waals surface area contributed by atoms with Crippen LogP contribution < -0.4 is 20.2 Å². The molecule has 0 bridgehead atoms. The number of halogens is 2. The zero-order valence-corrected chi connectivity index (χ0v) is 58.6. The van der Waals surface area contributed by atoms with Crippen LogP contribution in [0.4, 0.5) is 20.2 Å². The monoisotopic (exact) mass is 1270 g/mol. The molecule has 0 radical (unpaired) electrons. The molecule has 2 aromatic heterocycles. The van der Waals surface area contributed by atoms with E-state index in [1.54, 1.807) is 22.7 Å². The molecule has 2 unspecified atom stereocenters. The Kier molecular flexibility index (Phi) is 23.1. The van der Waals surface area contributed by atoms with Crippen molar-refractivity contribution in [3.8, 4) is 44.5 Å². The summed E-state index contributed by atoms with van der Waals surface area (Å²) in [7, 11) is 0. The molecule has 2 fully saturated rings. The van der Waals surface area contributed by atoms with Gasteiger partial charge in [0.15, 0.2) is 0 Å². The molecule has 4 nitrogen and oxygen atoms in total. The van der Waals surface area contributed by atoms with Crippen molar-refractivity contribution in [3.05, 3.63) is 162 Å². The first-order valence-corrected chi connectivity index (χ1v) is 38.3. The summed E-state index contributed by atoms with van der Waals surface area (Å²) in [6.07, 6.45) is 30.0. The Morgan fingerprint density at radius 3 is 1.18 bits per heavy atom. The number of rotatable bonds is 30. The van der Waals surface area contributed by atoms with Crippen molar-refractivity contribution in [3.63, 3.8) is 0 Å². The number of fused-ring (bicyclic) bond motifs is 2. The summed E-state index contributed by atoms with van der Waals surface area (Å²) < 4.78 is 32.7. The minimum atomic E-state index is -0.141. The van der Waals surface area contributed by atoms with Gasteiger partial charge >= 0.3 is 0 Å². The molecule has 5 aromatic carbocycles. The molecule has 488 valence electrons. The first-order chi connectivity index (χ1) is 44.9. The van der Waals surface area contributed by atoms with Crippen molar-refractivity contribution < 1.29 is 18.4 Å². The van der Waals surface area contributed by atoms with Crippen molar-refractivity contribution in [1.29, 1.82) is 0 Å². The van der Waals surface area contributed by atoms with Gasteiger partial charge in [-0.2, -0.15) is 0 Å². The normalized spacial score (nSPS) is 18.9. The molecular formula is C84H104F2N2O2S2. The Hall–Kier alpha value is -5.96. The number of benzene rings is 5. The molecule has 2 amide bonds. The Morgan fingerprint density at radius 2 is 0.826 bits per heavy atom. The van der Waals surface area contributed by atoms with Crippen molar-refractivity contribution in [2.75, 3.05) is 22.9 Å². The van der Waals surface area contributed by atoms with Gasteiger partial charge in [-0.15, -0.1) is 22.7 Å². The largest absolute Gasteiger partial charge is 0.307 e. The molecule has 8 heteroatoms. The van der Waals surface area contributed by atoms with Crippen LogP contribution in [0.5, 0.6) is 0 Å². The van der Waals surface area contributed by atoms with E-state index < -0.39 is 0 Å². The molecule has 4 aliphatic rings. The maximum absolute atomic E-state index is 16.4. The first-order valence-electron chi connectivity index (χ1n) is 36.5. The van der Waals surface area contributed by atoms with Gasteiger partial charge in [-0.3, -0.25) is 9.59 Å². The van der Waals surface area contributed by atoms with Gasteiger partial charge in [-0.1, -0.05) is 206 Å². The highest BCUT2D eigenvalue weighted by atomic mass is 32.1. The quantitative estimate of drug-likeness (QED) is 0.0421. The zero-order valence-electron chi connectivity index (χ0n) is 56.9. The van der Waals surface area contributed by atoms with E-state index in [9.17, 15) is 0 Å². The van der Waals surface area contributed by atoms with E-state index in [2.05, 4.69) is 139 Å². The lowest BCUT2D eigenvalue weighted by Gasteiger charge is -2.29. The lowest BCUT2D eigenvalue weighted by molar-refractivity contribution is -0.114. The third-order valence-electron chi connectivity index (χ3n) is 22.1. The van der Waals surface area contributed by atoms with Crippen LogP contribution in [-0.4, -0.2) is 24.9 Å². The number of hydrogen-bond donors (Lipinski definition) is 0. The number of aryl methyl sites for hydroxylation is 2. The van der Waals surface area contributed by atoms with E-state index in [0.717, 1.165) is 189 Å². The fraction of sp³-hybridized carbons (Fsp3) is 0.500. The van der Waals surface area contributed by atoms with Crippen molar-refractivity contribution in [2.24, 2.45) is 23.7 Å². The maximum Gasteiger partial charge on any atom is 0.260 e. The van der Waals surface area contributed by atoms with E-state index in [1.807, 2.05) is 34.1 Å². The average molecular weight is 1280 g/mol. The SMILES string of the molecule is CCCCCC1CCC(c2ccc(-c3ccc(-c4csc(C5=c6cc7c(cc6N(CC(CC)CCCC)C5=O)=C(c5cc(-c6ccc(-c8ccc(C9CCC(CCCCC)CC9)cc8F)c(CC)c6)cs5)C(=O)N7CC(CC)CCCC)c4)cc3CC)c(F)c2)CC1. The summed E-state index contributed by atoms with van der Waals surface area (Å²) in [6.45, 7) is 19.0. The second-order valence-corrected chi connectivity index (χ2v) is 29.9. The molecular weight excluding hydrogens is 1170 g/mol. The smallest absolute Gasteiger partial charge is 0.260 e. The number of thiophene rings is 2. The summed E-state index contributed by atoms with van der Waals surface area (Å²) in [6, 6.07) is 33.7. The molecule has 7 aromatic rings. The average Bonchev–Trinajstić information content (AvgIpc) is 1.57. The topological polar surface area (TPSA) is 40.6 Å². The van der Waals surface area contributed by atoms with Crippen molar-refractivity contribution in [1.82, 2.24) is 0 Å². The van der Waals surface area contributed by atoms with Crippen LogP contribution in [0.3, 0.4) is 0 Å². The second-order valence-electron chi connectivity index (χ2n) is 28.1. The van der Waals surface area contributed by atoms with Gasteiger partial charge in [0.1, 0.15) is 11.6 Å². The summed E-state index contributed by atoms with van der Waals surface area (Å²) in [4.78, 5) is 37.0. The molecule has 2 aliphatic heterocycles. The van der Waals surface area contributed by atoms with Crippen molar-refractivity contribution >= 4 is 57.0 Å². The van der Waals surface area contributed by atoms with Crippen LogP contribution in [0.25, 0.3) is 55.7 Å². The van der Waals surface area contributed by atoms with Gasteiger partial charge in [0.25, 0.3) is 11.8 Å². The molecule has 11 rings (SSSR count). The zero-order chi connectivity index (χ0) is 64.4. The predicted octanol–water partition coefficient (Wildman–Crippen LogP) is 23.1. The molecule has 0 N–H and O–H groups in total. The van der Waals surface area contributed by atoms with Crippen LogP contribution in [0.2, 0.25) is 0 Å². The number of amides is 2. The highest BCUT2D eigenvalue weighted by Gasteiger charge is 2.38. The number of carbonyl (C=O) groups excluding carboxylic acids is 2. The van der Waals surface area contributed by atoms with E-state index in [-0.39, 0.29) is 23.4 Å². The number of hydrogen-bond acceptors (Lipinski definition) is 4. The van der Waals surface area contributed by atoms with Gasteiger partial charge in [0.2, 0.25) is 0 Å². The van der Waals surface area contributed by atoms with Crippen LogP contribution in [-0.2, 0) is 22.4 Å². The first kappa shape index (κ1) is 67.5. The summed E-state index contributed by atoms with van der Waals surface area (Å²) in [5, 5.41) is 6.13. The van der Waals surface area contributed by atoms with Gasteiger partial charge in [-0.25, -0.2) is 8.78 Å². The minimum Gasteiger partial charge on any atom is -0.307 e. The molecule has 0 saturated heterocycles. The van der Waals surface area contributed by atoms with Crippen LogP contribution in [0.15, 0.2) is 108 Å². The number of carbonyl (C=O) groups is 2. The minimum absolute atomic E-state index is 0.0178. The van der Waals surface area contributed by atoms with Crippen LogP contribution in [0.1, 0.15) is 253 Å². The summed E-state index contributed by atoms with van der Waals surface area (Å²) in [5.74, 6) is 2.88. The maximum atomic E-state index is 16.4. The third-order valence-corrected chi connectivity index (χ3v) is 24.0. The third kappa shape index (κ3) is 14.8. The van der Waals surface area contributed by atoms with E-state index in [4.69, 9.17) is 0 Å². The van der Waals surface area contributed by atoms with Crippen LogP contribution in [0, 0.1) is 35.3 Å². The number of anilines is 2. The fourth-order valence-corrected chi connectivity index (χ4v) is 18.1. The fourth-order valence-electron chi connectivity index (χ4n) is 16.2. The predicted molar refractivity (Wildman–Crippen MR) is 389 cm³/mol. The molecule has 2 saturated carbocycles. The van der Waals surface area contributed by atoms with E-state index in [1.165, 1.54) is 77.0 Å². The van der Waals surface area contributed by atoms with E-state index in [0.29, 0.717) is 59.0 Å². The van der Waals surface area contributed by atoms with Gasteiger partial charge in [0, 0.05) is 44.4 Å².